The van der Waals surface area contributed by atoms with Crippen LogP contribution in [0.15, 0.2) is 59.3 Å². The van der Waals surface area contributed by atoms with Crippen LogP contribution in [-0.2, 0) is 15.7 Å². The molecule has 12 heteroatoms. The van der Waals surface area contributed by atoms with Crippen molar-refractivity contribution in [2.45, 2.75) is 24.7 Å². The van der Waals surface area contributed by atoms with Gasteiger partial charge in [0.2, 0.25) is 0 Å². The number of carbonyl (C=O) groups excluding carboxylic acids is 1. The Balaban J connectivity index is 1.36. The molecule has 2 atom stereocenters. The van der Waals surface area contributed by atoms with Crippen molar-refractivity contribution in [3.63, 3.8) is 0 Å². The molecule has 190 valence electrons. The van der Waals surface area contributed by atoms with Gasteiger partial charge in [-0.2, -0.15) is 13.2 Å². The largest absolute Gasteiger partial charge is 0.495 e. The van der Waals surface area contributed by atoms with Crippen molar-refractivity contribution in [3.05, 3.63) is 60.4 Å². The average molecular weight is 521 g/mol. The lowest BCUT2D eigenvalue weighted by Gasteiger charge is -2.46. The van der Waals surface area contributed by atoms with Crippen LogP contribution in [-0.4, -0.2) is 54.3 Å². The summed E-state index contributed by atoms with van der Waals surface area (Å²) in [6, 6.07) is 11.7. The predicted octanol–water partition coefficient (Wildman–Crippen LogP) is 4.85. The predicted molar refractivity (Wildman–Crippen MR) is 128 cm³/mol. The molecule has 1 aromatic heterocycles. The fourth-order valence-corrected chi connectivity index (χ4v) is 5.22. The zero-order chi connectivity index (χ0) is 25.3. The molecule has 0 aliphatic carbocycles. The van der Waals surface area contributed by atoms with Crippen LogP contribution in [0.1, 0.15) is 12.0 Å². The van der Waals surface area contributed by atoms with E-state index in [1.54, 1.807) is 35.2 Å². The van der Waals surface area contributed by atoms with Gasteiger partial charge in [0.15, 0.2) is 5.82 Å². The summed E-state index contributed by atoms with van der Waals surface area (Å²) in [7, 11) is 1.48. The number of morpholine rings is 1. The number of hydrogen-bond acceptors (Lipinski definition) is 8. The number of benzene rings is 2. The third-order valence-corrected chi connectivity index (χ3v) is 7.08. The smallest absolute Gasteiger partial charge is 0.416 e. The Kier molecular flexibility index (Phi) is 6.82. The maximum absolute atomic E-state index is 13.2. The van der Waals surface area contributed by atoms with Gasteiger partial charge in [-0.05, 0) is 41.8 Å². The second-order valence-electron chi connectivity index (χ2n) is 8.40. The lowest BCUT2D eigenvalue weighted by molar-refractivity contribution is -0.137. The van der Waals surface area contributed by atoms with Crippen LogP contribution in [0, 0.1) is 0 Å². The van der Waals surface area contributed by atoms with E-state index in [-0.39, 0.29) is 24.7 Å². The number of nitrogens with one attached hydrogen (secondary N) is 1. The summed E-state index contributed by atoms with van der Waals surface area (Å²) in [5.74, 6) is 0.820. The number of ether oxygens (including phenoxy) is 2. The van der Waals surface area contributed by atoms with Crippen molar-refractivity contribution in [1.29, 1.82) is 0 Å². The van der Waals surface area contributed by atoms with E-state index < -0.39 is 11.7 Å². The number of amides is 1. The second-order valence-corrected chi connectivity index (χ2v) is 9.30. The molecule has 3 aromatic rings. The Bertz CT molecular complexity index is 1220. The van der Waals surface area contributed by atoms with Crippen LogP contribution < -0.4 is 14.4 Å². The van der Waals surface area contributed by atoms with Crippen molar-refractivity contribution in [2.75, 3.05) is 36.4 Å². The van der Waals surface area contributed by atoms with E-state index in [4.69, 9.17) is 14.0 Å². The van der Waals surface area contributed by atoms with Gasteiger partial charge in [-0.1, -0.05) is 23.4 Å². The van der Waals surface area contributed by atoms with Gasteiger partial charge >= 0.3 is 6.18 Å². The first-order chi connectivity index (χ1) is 17.3. The Morgan fingerprint density at radius 1 is 1.17 bits per heavy atom. The third kappa shape index (κ3) is 5.01. The van der Waals surface area contributed by atoms with Gasteiger partial charge in [0, 0.05) is 31.3 Å². The number of hydrogen-bond donors (Lipinski definition) is 1. The van der Waals surface area contributed by atoms with Crippen LogP contribution >= 0.6 is 12.1 Å². The Labute approximate surface area is 209 Å². The molecule has 8 nitrogen and oxygen atoms in total. The number of carbonyl (C=O) groups is 1. The number of rotatable bonds is 6. The highest BCUT2D eigenvalue weighted by Gasteiger charge is 2.42. The molecule has 0 radical (unpaired) electrons. The highest BCUT2D eigenvalue weighted by Crippen LogP contribution is 2.39. The summed E-state index contributed by atoms with van der Waals surface area (Å²) in [4.78, 5) is 14.7. The van der Waals surface area contributed by atoms with E-state index in [2.05, 4.69) is 14.2 Å². The first-order valence-corrected chi connectivity index (χ1v) is 12.0. The number of alkyl halides is 3. The highest BCUT2D eigenvalue weighted by atomic mass is 32.2. The summed E-state index contributed by atoms with van der Waals surface area (Å²) in [6.45, 7) is 1.19. The maximum Gasteiger partial charge on any atom is 0.416 e. The van der Waals surface area contributed by atoms with E-state index >= 15 is 0 Å². The van der Waals surface area contributed by atoms with Crippen molar-refractivity contribution in [1.82, 2.24) is 9.46 Å². The molecular weight excluding hydrogens is 497 g/mol. The first-order valence-electron chi connectivity index (χ1n) is 11.2. The van der Waals surface area contributed by atoms with Crippen LogP contribution in [0.5, 0.6) is 5.75 Å². The zero-order valence-electron chi connectivity index (χ0n) is 19.2. The van der Waals surface area contributed by atoms with Crippen LogP contribution in [0.4, 0.5) is 24.7 Å². The quantitative estimate of drug-likeness (QED) is 0.462. The molecule has 2 aliphatic rings. The monoisotopic (exact) mass is 520 g/mol. The number of aromatic nitrogens is 1. The molecule has 5 rings (SSSR count). The number of nitrogens with zero attached hydrogens (tertiary/aromatic N) is 3. The number of halogens is 3. The van der Waals surface area contributed by atoms with Crippen LogP contribution in [0.3, 0.4) is 0 Å². The van der Waals surface area contributed by atoms with Gasteiger partial charge in [-0.15, -0.1) is 0 Å². The number of fused-ring (bicyclic) bond motifs is 1. The molecule has 36 heavy (non-hydrogen) atoms. The van der Waals surface area contributed by atoms with Crippen LogP contribution in [0.2, 0.25) is 0 Å². The summed E-state index contributed by atoms with van der Waals surface area (Å²) in [6.07, 6.45) is -2.53. The summed E-state index contributed by atoms with van der Waals surface area (Å²) in [5, 5.41) is 3.82. The fraction of sp³-hybridized carbons (Fsp3) is 0.333. The molecular formula is C24H23F3N4O4S. The number of methoxy groups -OCH3 is 1. The van der Waals surface area contributed by atoms with Gasteiger partial charge in [0.1, 0.15) is 18.6 Å². The van der Waals surface area contributed by atoms with Crippen molar-refractivity contribution >= 4 is 29.5 Å². The summed E-state index contributed by atoms with van der Waals surface area (Å²) in [5.41, 5.74) is 0.810. The lowest BCUT2D eigenvalue weighted by atomic mass is 9.97. The molecule has 2 unspecified atom stereocenters. The molecule has 3 heterocycles. The standard InChI is InChI=1S/C24H23F3N4O4S/c1-33-20-12-16(15-3-2-4-17(11-15)24(25,26)27)5-6-18(20)31-19-7-9-30(13-21(19)34-14-23(31)32)36-29-22-8-10-35-28-22/h2-6,8,10-12,19,21H,7,9,13-14H2,1H3,(H,28,29). The first kappa shape index (κ1) is 24.5. The Hall–Kier alpha value is -3.22. The van der Waals surface area contributed by atoms with E-state index in [0.717, 1.165) is 12.1 Å². The maximum atomic E-state index is 13.2. The highest BCUT2D eigenvalue weighted by molar-refractivity contribution is 7.98. The minimum absolute atomic E-state index is 0.0745. The molecule has 2 saturated heterocycles. The zero-order valence-corrected chi connectivity index (χ0v) is 20.0. The molecule has 2 fully saturated rings. The van der Waals surface area contributed by atoms with Gasteiger partial charge in [-0.25, -0.2) is 4.31 Å². The number of anilines is 2. The topological polar surface area (TPSA) is 80.1 Å². The molecule has 2 aromatic carbocycles. The number of piperidine rings is 1. The molecule has 1 amide bonds. The molecule has 1 N–H and O–H groups in total. The van der Waals surface area contributed by atoms with Gasteiger partial charge in [0.05, 0.1) is 30.5 Å². The lowest BCUT2D eigenvalue weighted by Crippen LogP contribution is -2.60. The molecule has 0 spiro atoms. The van der Waals surface area contributed by atoms with E-state index in [9.17, 15) is 18.0 Å². The average Bonchev–Trinajstić information content (AvgIpc) is 3.40. The Morgan fingerprint density at radius 3 is 2.75 bits per heavy atom. The van der Waals surface area contributed by atoms with E-state index in [1.807, 2.05) is 0 Å². The summed E-state index contributed by atoms with van der Waals surface area (Å²) < 4.78 is 61.0. The van der Waals surface area contributed by atoms with Crippen molar-refractivity contribution in [3.8, 4) is 16.9 Å². The fourth-order valence-electron chi connectivity index (χ4n) is 4.47. The normalized spacial score (nSPS) is 20.8. The molecule has 0 bridgehead atoms. The van der Waals surface area contributed by atoms with Crippen LogP contribution in [0.25, 0.3) is 11.1 Å². The van der Waals surface area contributed by atoms with Gasteiger partial charge in [0.25, 0.3) is 5.91 Å². The third-order valence-electron chi connectivity index (χ3n) is 6.19. The minimum Gasteiger partial charge on any atom is -0.495 e. The molecule has 0 saturated carbocycles. The second kappa shape index (κ2) is 10.0. The van der Waals surface area contributed by atoms with E-state index in [1.165, 1.54) is 31.6 Å². The van der Waals surface area contributed by atoms with Crippen molar-refractivity contribution in [2.24, 2.45) is 0 Å². The van der Waals surface area contributed by atoms with Gasteiger partial charge < -0.3 is 18.9 Å². The Morgan fingerprint density at radius 2 is 2.00 bits per heavy atom. The minimum atomic E-state index is -4.44. The van der Waals surface area contributed by atoms with E-state index in [0.29, 0.717) is 47.9 Å². The summed E-state index contributed by atoms with van der Waals surface area (Å²) >= 11 is 1.39. The van der Waals surface area contributed by atoms with Crippen molar-refractivity contribution < 1.29 is 32.0 Å². The molecule has 2 aliphatic heterocycles. The van der Waals surface area contributed by atoms with Gasteiger partial charge in [-0.3, -0.25) is 9.52 Å². The SMILES string of the molecule is COc1cc(-c2cccc(C(F)(F)F)c2)ccc1N1C(=O)COC2CN(SNc3ccon3)CCC21.